The van der Waals surface area contributed by atoms with Gasteiger partial charge in [-0.3, -0.25) is 19.9 Å². The molecule has 624 valence electrons. The summed E-state index contributed by atoms with van der Waals surface area (Å²) < 4.78 is 368. The standard InChI is InChI=1S/C10H8Cl2N2O2.C10H10ClN3O2.C10H10N2O4.C10H12O4.C9H9NO6.C9H11NO4.C9H10O4.C8H8O4/c1-15-7-3-5-6(4-8(7)16-2)13-10(12)14-9(5)11;1-15-7-3-5-6(4-8(7)16-2)13-10(11)14-9(5)12;1-15-7-3-5-6(4-8(7)16-2)11-10(14)12-9(5)13;1-12-8-5-4-7(10(11)14-3)6-9(8)13-2;1-15-7-3-5(9(11)12)6(10(13)14)4-8(7)16-2;1-13-7-3-5(9(11)12)6(10)4-8(7)14-2;1-12-7-4-3-6(9(10)11)5-8(7)13-2;1-12-8(11)5-2-3-6(9)7(10)4-5/h3-4H,1-2H3;3-4H,1-2H3,(H2,12,13,14);3-4H,1-2H3,(H2,11,12,13,14);4-6H,1-3H3;3-4H,1-2H3,(H,11,12);3-4H,10H2,1-2H3,(H,11,12);3-5H,1-2H3,(H,10,11);2-4,9-10H,1H3/i7*1D3,2D3;. The van der Waals surface area contributed by atoms with Crippen LogP contribution in [0.25, 0.3) is 32.7 Å². The van der Waals surface area contributed by atoms with Crippen molar-refractivity contribution in [3.05, 3.63) is 190 Å². The first-order valence-electron chi connectivity index (χ1n) is 50.5. The fourth-order valence-electron chi connectivity index (χ4n) is 8.30. The molecule has 0 aliphatic carbocycles. The topological polar surface area (TPSA) is 547 Å². The number of aromatic carboxylic acids is 3. The predicted molar refractivity (Wildman–Crippen MR) is 426 cm³/mol. The summed E-state index contributed by atoms with van der Waals surface area (Å²) in [6.45, 7) is 0. The van der Waals surface area contributed by atoms with Crippen molar-refractivity contribution in [3.8, 4) is 92.0 Å². The second kappa shape index (κ2) is 45.8. The van der Waals surface area contributed by atoms with Crippen LogP contribution in [0.4, 0.5) is 17.2 Å². The van der Waals surface area contributed by atoms with Crippen LogP contribution in [-0.4, -0.2) is 203 Å². The number of carbonyl (C=O) groups is 5. The van der Waals surface area contributed by atoms with Crippen molar-refractivity contribution >= 4 is 115 Å². The van der Waals surface area contributed by atoms with Crippen molar-refractivity contribution in [1.29, 1.82) is 0 Å². The summed E-state index contributed by atoms with van der Waals surface area (Å²) in [6.07, 6.45) is 0. The number of halogens is 3. The Kier molecular flexibility index (Phi) is 19.0. The third-order valence-corrected chi connectivity index (χ3v) is 14.2. The molecular formula is C75H78Cl3N9O30. The number of aromatic hydroxyl groups is 2. The Bertz CT molecular complexity index is 6980. The van der Waals surface area contributed by atoms with Crippen LogP contribution in [-0.2, 0) is 9.47 Å². The molecule has 8 aromatic carbocycles. The third-order valence-electron chi connectivity index (χ3n) is 13.6. The van der Waals surface area contributed by atoms with E-state index in [1.54, 1.807) is 0 Å². The number of esters is 2. The monoisotopic (exact) mass is 1730 g/mol. The van der Waals surface area contributed by atoms with Gasteiger partial charge in [0.25, 0.3) is 11.2 Å². The van der Waals surface area contributed by atoms with E-state index in [9.17, 15) is 43.7 Å². The Labute approximate surface area is 737 Å². The number of aromatic amines is 2. The van der Waals surface area contributed by atoms with E-state index in [1.807, 2.05) is 4.98 Å². The van der Waals surface area contributed by atoms with E-state index < -0.39 is 202 Å². The summed E-state index contributed by atoms with van der Waals surface area (Å²) in [7, 11) is -37.7. The summed E-state index contributed by atoms with van der Waals surface area (Å²) in [5.74, 6) is -12.6. The number of ether oxygens (including phenoxy) is 16. The lowest BCUT2D eigenvalue weighted by molar-refractivity contribution is -0.385. The minimum atomic E-state index is -3.05. The molecule has 117 heavy (non-hydrogen) atoms. The van der Waals surface area contributed by atoms with Crippen LogP contribution in [0.1, 0.15) is 109 Å². The van der Waals surface area contributed by atoms with Crippen LogP contribution >= 0.6 is 34.8 Å². The van der Waals surface area contributed by atoms with Crippen molar-refractivity contribution in [1.82, 2.24) is 29.9 Å². The molecule has 0 bridgehead atoms. The van der Waals surface area contributed by atoms with Crippen molar-refractivity contribution in [2.45, 2.75) is 0 Å². The number of fused-ring (bicyclic) bond motifs is 3. The minimum Gasteiger partial charge on any atom is -0.504 e. The van der Waals surface area contributed by atoms with Gasteiger partial charge in [-0.15, -0.1) is 0 Å². The lowest BCUT2D eigenvalue weighted by Gasteiger charge is -2.09. The van der Waals surface area contributed by atoms with Gasteiger partial charge in [0.05, 0.1) is 231 Å². The number of nitrogen functional groups attached to an aromatic ring is 2. The highest BCUT2D eigenvalue weighted by molar-refractivity contribution is 6.35. The largest absolute Gasteiger partial charge is 0.504 e. The highest BCUT2D eigenvalue weighted by Gasteiger charge is 2.25. The number of nitrogens with zero attached hydrogens (tertiary/aromatic N) is 5. The smallest absolute Gasteiger partial charge is 0.342 e. The van der Waals surface area contributed by atoms with Gasteiger partial charge in [0.15, 0.2) is 92.0 Å². The molecule has 0 saturated heterocycles. The van der Waals surface area contributed by atoms with Gasteiger partial charge in [0, 0.05) is 47.2 Å². The molecule has 0 aliphatic heterocycles. The summed E-state index contributed by atoms with van der Waals surface area (Å²) >= 11 is 17.3. The number of nitro groups is 1. The van der Waals surface area contributed by atoms with E-state index >= 15 is 0 Å². The molecule has 3 heterocycles. The molecule has 0 amide bonds. The van der Waals surface area contributed by atoms with Crippen LogP contribution in [0.15, 0.2) is 125 Å². The number of hydrogen-bond donors (Lipinski definition) is 9. The molecule has 39 nitrogen and oxygen atoms in total. The molecule has 0 radical (unpaired) electrons. The van der Waals surface area contributed by atoms with E-state index in [4.69, 9.17) is 148 Å². The molecule has 11 rings (SSSR count). The van der Waals surface area contributed by atoms with Crippen LogP contribution in [0.3, 0.4) is 0 Å². The number of benzene rings is 8. The van der Waals surface area contributed by atoms with E-state index in [1.165, 1.54) is 49.6 Å². The van der Waals surface area contributed by atoms with E-state index in [2.05, 4.69) is 81.8 Å². The van der Waals surface area contributed by atoms with Gasteiger partial charge in [0.2, 0.25) is 10.6 Å². The zero-order valence-electron chi connectivity index (χ0n) is 99.9. The van der Waals surface area contributed by atoms with E-state index in [0.717, 1.165) is 67.8 Å². The number of rotatable bonds is 20. The number of methoxy groups -OCH3 is 16. The summed E-state index contributed by atoms with van der Waals surface area (Å²) in [6, 6.07) is 19.5. The highest BCUT2D eigenvalue weighted by atomic mass is 35.5. The Hall–Kier alpha value is -14.6. The quantitative estimate of drug-likeness (QED) is 0.00651. The summed E-state index contributed by atoms with van der Waals surface area (Å²) in [4.78, 5) is 107. The van der Waals surface area contributed by atoms with Gasteiger partial charge in [-0.05, 0) is 96.0 Å². The maximum Gasteiger partial charge on any atom is 0.342 e. The highest BCUT2D eigenvalue weighted by Crippen LogP contribution is 2.39. The Morgan fingerprint density at radius 3 is 1.23 bits per heavy atom. The second-order valence-corrected chi connectivity index (χ2v) is 21.4. The fraction of sp³-hybridized carbons (Fsp3) is 0.213. The number of anilines is 2. The minimum absolute atomic E-state index is 0.00430. The summed E-state index contributed by atoms with van der Waals surface area (Å²) in [5.41, 5.74) is 7.28. The molecule has 0 spiro atoms. The first-order chi connectivity index (χ1) is 71.7. The lowest BCUT2D eigenvalue weighted by Crippen LogP contribution is -2.21. The number of carboxylic acid groups (broad SMARTS) is 3. The number of carbonyl (C=O) groups excluding carboxylic acids is 2. The Balaban J connectivity index is 0.000000379. The van der Waals surface area contributed by atoms with Crippen LogP contribution in [0.2, 0.25) is 15.7 Å². The number of aromatic nitrogens is 6. The molecular weight excluding hydrogens is 1610 g/mol. The SMILES string of the molecule is COC(=O)c1ccc(O)c(O)c1.[2H]C([2H])([2H])Oc1cc(C(=O)O)c([N+](=O)[O-])cc1OC([2H])([2H])[2H].[2H]C([2H])([2H])Oc1cc(N)c(C(=O)O)cc1OC([2H])([2H])[2H].[2H]C([2H])([2H])Oc1cc2[nH]c(=O)[nH]c(=O)c2cc1OC([2H])([2H])[2H].[2H]C([2H])([2H])Oc1cc2nc(Cl)nc(Cl)c2cc1OC([2H])([2H])[2H].[2H]C([2H])([2H])Oc1cc2nc(Cl)nc(N)c2cc1OC([2H])([2H])[2H].[2H]C([2H])([2H])Oc1ccc(C(=O)O)cc1OC([2H])([2H])[2H].[2H]C([2H])([2H])Oc1ccc(C(=O)OC)cc1OC([2H])([2H])[2H]. The number of nitrogens with one attached hydrogen (secondary N) is 2. The van der Waals surface area contributed by atoms with Gasteiger partial charge >= 0.3 is 35.5 Å². The number of phenols is 2. The van der Waals surface area contributed by atoms with Gasteiger partial charge < -0.3 is 118 Å². The molecule has 3 aromatic heterocycles. The number of H-pyrrole nitrogens is 2. The Morgan fingerprint density at radius 2 is 0.778 bits per heavy atom. The van der Waals surface area contributed by atoms with Gasteiger partial charge in [-0.25, -0.2) is 48.7 Å². The molecule has 0 atom stereocenters. The predicted octanol–water partition coefficient (Wildman–Crippen LogP) is 11.1. The molecule has 0 fully saturated rings. The molecule has 0 unspecified atom stereocenters. The zero-order valence-corrected chi connectivity index (χ0v) is 60.2. The van der Waals surface area contributed by atoms with Crippen molar-refractivity contribution < 1.29 is 188 Å². The van der Waals surface area contributed by atoms with Crippen molar-refractivity contribution in [2.75, 3.05) is 124 Å². The average Bonchev–Trinajstić information content (AvgIpc) is 0.776. The zero-order chi connectivity index (χ0) is 123. The number of phenolic OH excluding ortho intramolecular Hbond substituents is 2. The fourth-order valence-corrected chi connectivity index (χ4v) is 8.93. The maximum atomic E-state index is 11.7. The van der Waals surface area contributed by atoms with Crippen LogP contribution in [0.5, 0.6) is 92.0 Å². The van der Waals surface area contributed by atoms with Crippen LogP contribution < -0.4 is 89.0 Å². The van der Waals surface area contributed by atoms with Crippen molar-refractivity contribution in [2.24, 2.45) is 0 Å². The Morgan fingerprint density at radius 1 is 0.410 bits per heavy atom. The number of nitro benzene ring substituents is 1. The second-order valence-electron chi connectivity index (χ2n) is 20.4. The molecule has 0 saturated carbocycles. The first kappa shape index (κ1) is 48.5. The number of nitrogens with two attached hydrogens (primary N) is 2. The third kappa shape index (κ3) is 26.0. The molecule has 11 aromatic rings. The van der Waals surface area contributed by atoms with Gasteiger partial charge in [-0.2, -0.15) is 0 Å². The van der Waals surface area contributed by atoms with E-state index in [0.29, 0.717) is 12.1 Å². The first-order valence-corrected chi connectivity index (χ1v) is 30.6. The molecule has 42 heteroatoms. The molecule has 0 aliphatic rings. The lowest BCUT2D eigenvalue weighted by atomic mass is 10.1. The number of hydrogen-bond acceptors (Lipinski definition) is 33. The summed E-state index contributed by atoms with van der Waals surface area (Å²) in [5, 5.41) is 55.4. The molecule has 11 N–H and O–H groups in total. The number of carboxylic acids is 3. The van der Waals surface area contributed by atoms with Gasteiger partial charge in [-0.1, -0.05) is 11.6 Å². The van der Waals surface area contributed by atoms with E-state index in [-0.39, 0.29) is 128 Å². The van der Waals surface area contributed by atoms with Crippen molar-refractivity contribution in [3.63, 3.8) is 0 Å². The average molecular weight is 1730 g/mol. The normalized spacial score (nSPS) is 16.7. The maximum absolute atomic E-state index is 11.7. The van der Waals surface area contributed by atoms with Crippen LogP contribution in [0, 0.1) is 10.1 Å². The van der Waals surface area contributed by atoms with Gasteiger partial charge in [0.1, 0.15) is 16.5 Å².